The van der Waals surface area contributed by atoms with Gasteiger partial charge in [0.1, 0.15) is 8.64 Å². The molecule has 2 saturated heterocycles. The molecule has 0 unspecified atom stereocenters. The van der Waals surface area contributed by atoms with E-state index in [4.69, 9.17) is 33.9 Å². The van der Waals surface area contributed by atoms with Gasteiger partial charge < -0.3 is 19.4 Å². The number of fused-ring (bicyclic) bond motifs is 2. The average molecular weight is 795 g/mol. The summed E-state index contributed by atoms with van der Waals surface area (Å²) in [5.74, 6) is -2.73. The van der Waals surface area contributed by atoms with Crippen LogP contribution in [-0.4, -0.2) is 77.9 Å². The quantitative estimate of drug-likeness (QED) is 0.0688. The molecule has 2 N–H and O–H groups in total. The largest absolute Gasteiger partial charge is 0.465 e. The fourth-order valence-corrected chi connectivity index (χ4v) is 8.37. The number of allylic oxidation sites excluding steroid dienone is 2. The Balaban J connectivity index is 0.999. The number of carbonyl (C=O) groups is 6. The van der Waals surface area contributed by atoms with Crippen LogP contribution in [0.2, 0.25) is 0 Å². The number of nitrogens with zero attached hydrogens (tertiary/aromatic N) is 2. The minimum Gasteiger partial charge on any atom is -0.465 e. The van der Waals surface area contributed by atoms with Gasteiger partial charge in [0.15, 0.2) is 11.6 Å². The Labute approximate surface area is 325 Å². The molecule has 0 saturated carbocycles. The lowest BCUT2D eigenvalue weighted by Crippen LogP contribution is -2.28. The molecule has 0 bridgehead atoms. The number of benzene rings is 3. The molecule has 270 valence electrons. The van der Waals surface area contributed by atoms with Gasteiger partial charge in [-0.05, 0) is 47.5 Å². The monoisotopic (exact) mass is 794 g/mol. The summed E-state index contributed by atoms with van der Waals surface area (Å²) in [7, 11) is 2.55. The number of thiocarbonyl (C=S) groups is 2. The van der Waals surface area contributed by atoms with E-state index in [2.05, 4.69) is 9.97 Å². The maximum Gasteiger partial charge on any atom is 0.337 e. The molecule has 2 aromatic heterocycles. The minimum absolute atomic E-state index is 0.160. The van der Waals surface area contributed by atoms with Crippen LogP contribution in [0.4, 0.5) is 0 Å². The fraction of sp³-hybridized carbons (Fsp3) is 0.105. The number of esters is 2. The molecule has 3 aromatic carbocycles. The molecule has 0 radical (unpaired) electrons. The summed E-state index contributed by atoms with van der Waals surface area (Å²) in [5, 5.41) is 1.04. The summed E-state index contributed by atoms with van der Waals surface area (Å²) in [6.45, 7) is 0.319. The highest BCUT2D eigenvalue weighted by atomic mass is 32.2. The van der Waals surface area contributed by atoms with Crippen molar-refractivity contribution < 1.29 is 38.2 Å². The molecule has 2 aliphatic rings. The number of aromatic amines is 2. The molecule has 0 spiro atoms. The smallest absolute Gasteiger partial charge is 0.337 e. The summed E-state index contributed by atoms with van der Waals surface area (Å²) in [6, 6.07) is 16.9. The standard InChI is InChI=1S/C38H26N4O8S4/c1-49-35(47)21-7-9-27-23(11-21)25(15-39-27)29(43)13-31-33(45)41(37(51)53-31)17-19-3-5-20(6-4-19)18-42-34(46)32(54-38(42)52)14-30(44)26-16-40-28-10-8-22(12-24(26)28)36(48)50-2/h3-16,39-40H,17-18H2,1-2H3/b31-13-,32-14-. The SMILES string of the molecule is COC(=O)c1ccc2[nH]cc(C(=O)/C=C3\SC(=S)N(Cc4ccc(CN5C(=O)/C(=C/C(=O)c6c[nH]c7ccc(C(=O)OC)cc67)SC5=S)cc4)C3=O)c2c1. The summed E-state index contributed by atoms with van der Waals surface area (Å²) in [4.78, 5) is 86.5. The van der Waals surface area contributed by atoms with Crippen molar-refractivity contribution in [3.63, 3.8) is 0 Å². The average Bonchev–Trinajstić information content (AvgIpc) is 3.93. The predicted molar refractivity (Wildman–Crippen MR) is 212 cm³/mol. The third-order valence-electron chi connectivity index (χ3n) is 8.71. The highest BCUT2D eigenvalue weighted by Gasteiger charge is 2.34. The van der Waals surface area contributed by atoms with Gasteiger partial charge in [0.25, 0.3) is 11.8 Å². The highest BCUT2D eigenvalue weighted by molar-refractivity contribution is 8.27. The zero-order valence-corrected chi connectivity index (χ0v) is 31.6. The number of rotatable bonds is 10. The van der Waals surface area contributed by atoms with Crippen LogP contribution in [0.5, 0.6) is 0 Å². The van der Waals surface area contributed by atoms with Crippen molar-refractivity contribution >= 4 is 114 Å². The number of hydrogen-bond acceptors (Lipinski definition) is 12. The molecule has 0 atom stereocenters. The van der Waals surface area contributed by atoms with Crippen molar-refractivity contribution in [1.82, 2.24) is 19.8 Å². The van der Waals surface area contributed by atoms with Gasteiger partial charge in [0.05, 0.1) is 48.2 Å². The molecule has 5 aromatic rings. The first-order valence-electron chi connectivity index (χ1n) is 16.0. The number of ether oxygens (including phenoxy) is 2. The van der Waals surface area contributed by atoms with Crippen LogP contribution in [0.3, 0.4) is 0 Å². The third kappa shape index (κ3) is 7.03. The number of carbonyl (C=O) groups excluding carboxylic acids is 6. The van der Waals surface area contributed by atoms with Crippen molar-refractivity contribution in [3.05, 3.63) is 128 Å². The Kier molecular flexibility index (Phi) is 10.2. The normalized spacial score (nSPS) is 16.0. The molecule has 12 nitrogen and oxygen atoms in total. The van der Waals surface area contributed by atoms with Gasteiger partial charge >= 0.3 is 11.9 Å². The molecule has 54 heavy (non-hydrogen) atoms. The Morgan fingerprint density at radius 2 is 1.04 bits per heavy atom. The first kappa shape index (κ1) is 36.7. The highest BCUT2D eigenvalue weighted by Crippen LogP contribution is 2.35. The first-order valence-corrected chi connectivity index (χ1v) is 18.5. The molecule has 2 amide bonds. The maximum absolute atomic E-state index is 13.4. The Hall–Kier alpha value is -5.68. The van der Waals surface area contributed by atoms with Crippen molar-refractivity contribution in [2.24, 2.45) is 0 Å². The summed E-state index contributed by atoms with van der Waals surface area (Å²) in [6.07, 6.45) is 5.56. The Morgan fingerprint density at radius 1 is 0.648 bits per heavy atom. The Morgan fingerprint density at radius 3 is 1.41 bits per heavy atom. The van der Waals surface area contributed by atoms with E-state index in [-0.39, 0.29) is 22.9 Å². The number of H-pyrrole nitrogens is 2. The van der Waals surface area contributed by atoms with E-state index in [1.54, 1.807) is 36.4 Å². The van der Waals surface area contributed by atoms with E-state index in [1.807, 2.05) is 24.3 Å². The minimum atomic E-state index is -0.533. The number of thioether (sulfide) groups is 2. The number of methoxy groups -OCH3 is 2. The third-order valence-corrected chi connectivity index (χ3v) is 11.5. The zero-order chi connectivity index (χ0) is 38.3. The molecule has 0 aliphatic carbocycles. The van der Waals surface area contributed by atoms with Crippen LogP contribution < -0.4 is 0 Å². The molecule has 2 aliphatic heterocycles. The number of ketones is 2. The van der Waals surface area contributed by atoms with Crippen LogP contribution in [0, 0.1) is 0 Å². The van der Waals surface area contributed by atoms with E-state index in [9.17, 15) is 28.8 Å². The second-order valence-electron chi connectivity index (χ2n) is 12.0. The number of aromatic nitrogens is 2. The van der Waals surface area contributed by atoms with Gasteiger partial charge in [-0.1, -0.05) is 72.2 Å². The number of nitrogens with one attached hydrogen (secondary N) is 2. The summed E-state index contributed by atoms with van der Waals surface area (Å²) >= 11 is 13.0. The van der Waals surface area contributed by atoms with E-state index in [1.165, 1.54) is 48.6 Å². The first-order chi connectivity index (χ1) is 25.9. The predicted octanol–water partition coefficient (Wildman–Crippen LogP) is 6.48. The van der Waals surface area contributed by atoms with Gasteiger partial charge in [-0.25, -0.2) is 9.59 Å². The van der Waals surface area contributed by atoms with Crippen LogP contribution in [0.25, 0.3) is 21.8 Å². The number of amides is 2. The zero-order valence-electron chi connectivity index (χ0n) is 28.3. The molecular weight excluding hydrogens is 769 g/mol. The molecular formula is C38H26N4O8S4. The summed E-state index contributed by atoms with van der Waals surface area (Å²) < 4.78 is 10.2. The lowest BCUT2D eigenvalue weighted by molar-refractivity contribution is -0.123. The lowest BCUT2D eigenvalue weighted by atomic mass is 10.1. The Bertz CT molecular complexity index is 2380. The van der Waals surface area contributed by atoms with Crippen molar-refractivity contribution in [2.75, 3.05) is 14.2 Å². The van der Waals surface area contributed by atoms with Gasteiger partial charge in [-0.15, -0.1) is 0 Å². The van der Waals surface area contributed by atoms with Gasteiger partial charge in [-0.2, -0.15) is 0 Å². The van der Waals surface area contributed by atoms with E-state index in [0.717, 1.165) is 34.7 Å². The van der Waals surface area contributed by atoms with Crippen molar-refractivity contribution in [2.45, 2.75) is 13.1 Å². The van der Waals surface area contributed by atoms with Crippen molar-refractivity contribution in [3.8, 4) is 0 Å². The molecule has 16 heteroatoms. The lowest BCUT2D eigenvalue weighted by Gasteiger charge is -2.16. The fourth-order valence-electron chi connectivity index (χ4n) is 5.92. The molecule has 4 heterocycles. The van der Waals surface area contributed by atoms with Crippen molar-refractivity contribution in [1.29, 1.82) is 0 Å². The summed E-state index contributed by atoms with van der Waals surface area (Å²) in [5.41, 5.74) is 4.00. The number of hydrogen-bond donors (Lipinski definition) is 2. The van der Waals surface area contributed by atoms with Gasteiger partial charge in [-0.3, -0.25) is 29.0 Å². The maximum atomic E-state index is 13.4. The van der Waals surface area contributed by atoms with E-state index >= 15 is 0 Å². The molecule has 7 rings (SSSR count). The van der Waals surface area contributed by atoms with Crippen LogP contribution >= 0.6 is 48.0 Å². The van der Waals surface area contributed by atoms with E-state index < -0.39 is 35.3 Å². The van der Waals surface area contributed by atoms with E-state index in [0.29, 0.717) is 52.7 Å². The van der Waals surface area contributed by atoms with Gasteiger partial charge in [0.2, 0.25) is 0 Å². The second kappa shape index (κ2) is 15.0. The second-order valence-corrected chi connectivity index (χ2v) is 15.3. The van der Waals surface area contributed by atoms with Gasteiger partial charge in [0, 0.05) is 57.5 Å². The van der Waals surface area contributed by atoms with Crippen LogP contribution in [0.15, 0.2) is 95.0 Å². The molecule has 2 fully saturated rings. The van der Waals surface area contributed by atoms with Crippen LogP contribution in [-0.2, 0) is 32.2 Å². The van der Waals surface area contributed by atoms with Crippen LogP contribution in [0.1, 0.15) is 52.6 Å². The topological polar surface area (TPSA) is 159 Å².